The number of carbonyl (C=O) groups is 2. The van der Waals surface area contributed by atoms with Crippen molar-refractivity contribution < 1.29 is 14.3 Å². The Morgan fingerprint density at radius 3 is 2.83 bits per heavy atom. The number of hydrogen-bond acceptors (Lipinski definition) is 5. The number of nitrogens with one attached hydrogen (secondary N) is 1. The molecule has 1 aromatic heterocycles. The Morgan fingerprint density at radius 2 is 2.26 bits per heavy atom. The van der Waals surface area contributed by atoms with E-state index in [4.69, 9.17) is 10.00 Å². The Balaban J connectivity index is 0.00000264. The van der Waals surface area contributed by atoms with Gasteiger partial charge in [-0.05, 0) is 44.2 Å². The van der Waals surface area contributed by atoms with Gasteiger partial charge in [0.05, 0.1) is 0 Å². The van der Waals surface area contributed by atoms with E-state index in [9.17, 15) is 9.59 Å². The van der Waals surface area contributed by atoms with Gasteiger partial charge in [-0.15, -0.1) is 23.7 Å². The minimum atomic E-state index is -0.588. The van der Waals surface area contributed by atoms with E-state index in [0.717, 1.165) is 5.56 Å². The summed E-state index contributed by atoms with van der Waals surface area (Å²) < 4.78 is 5.16. The molecule has 1 fully saturated rings. The van der Waals surface area contributed by atoms with Crippen molar-refractivity contribution in [2.24, 2.45) is 0 Å². The third-order valence-electron chi connectivity index (χ3n) is 3.13. The second-order valence-electron chi connectivity index (χ2n) is 6.18. The van der Waals surface area contributed by atoms with Gasteiger partial charge in [0.25, 0.3) is 0 Å². The predicted molar refractivity (Wildman–Crippen MR) is 89.5 cm³/mol. The lowest BCUT2D eigenvalue weighted by Crippen LogP contribution is -2.43. The first-order valence-corrected chi connectivity index (χ1v) is 7.92. The zero-order valence-electron chi connectivity index (χ0n) is 13.3. The standard InChI is InChI=1S/C15H19N3O3S.ClH/c1-15(2,3)21-14(20)17-12-4-5-18(13(12)19)8-10-6-11(7-16)22-9-10;/h6,9,12H,4-5,8H2,1-3H3,(H,17,20);1H. The molecule has 1 aliphatic rings. The highest BCUT2D eigenvalue weighted by molar-refractivity contribution is 7.10. The molecule has 8 heteroatoms. The van der Waals surface area contributed by atoms with Crippen LogP contribution in [0.5, 0.6) is 0 Å². The van der Waals surface area contributed by atoms with Crippen molar-refractivity contribution in [3.05, 3.63) is 21.9 Å². The van der Waals surface area contributed by atoms with Crippen LogP contribution in [0.1, 0.15) is 37.6 Å². The van der Waals surface area contributed by atoms with Gasteiger partial charge in [0.1, 0.15) is 22.6 Å². The topological polar surface area (TPSA) is 82.4 Å². The molecular formula is C15H20ClN3O3S. The van der Waals surface area contributed by atoms with E-state index in [2.05, 4.69) is 11.4 Å². The summed E-state index contributed by atoms with van der Waals surface area (Å²) in [5, 5.41) is 13.3. The fourth-order valence-corrected chi connectivity index (χ4v) is 2.91. The summed E-state index contributed by atoms with van der Waals surface area (Å²) >= 11 is 1.36. The second kappa shape index (κ2) is 7.66. The van der Waals surface area contributed by atoms with Gasteiger partial charge in [0.2, 0.25) is 5.91 Å². The first-order chi connectivity index (χ1) is 10.3. The number of hydrogen-bond donors (Lipinski definition) is 1. The van der Waals surface area contributed by atoms with Crippen molar-refractivity contribution in [1.29, 1.82) is 5.26 Å². The molecule has 1 aliphatic heterocycles. The van der Waals surface area contributed by atoms with Crippen molar-refractivity contribution in [2.75, 3.05) is 6.54 Å². The van der Waals surface area contributed by atoms with Crippen molar-refractivity contribution in [2.45, 2.75) is 45.4 Å². The van der Waals surface area contributed by atoms with E-state index < -0.39 is 17.7 Å². The predicted octanol–water partition coefficient (Wildman–Crippen LogP) is 2.67. The molecule has 2 rings (SSSR count). The number of alkyl carbamates (subject to hydrolysis) is 1. The molecular weight excluding hydrogens is 338 g/mol. The first-order valence-electron chi connectivity index (χ1n) is 7.04. The molecule has 126 valence electrons. The number of halogens is 1. The van der Waals surface area contributed by atoms with Crippen LogP contribution in [0.2, 0.25) is 0 Å². The van der Waals surface area contributed by atoms with Gasteiger partial charge < -0.3 is 15.0 Å². The zero-order chi connectivity index (χ0) is 16.3. The molecule has 2 amide bonds. The summed E-state index contributed by atoms with van der Waals surface area (Å²) in [6.07, 6.45) is -0.0113. The average Bonchev–Trinajstić information content (AvgIpc) is 2.98. The van der Waals surface area contributed by atoms with E-state index in [-0.39, 0.29) is 18.3 Å². The molecule has 1 unspecified atom stereocenters. The van der Waals surface area contributed by atoms with Crippen LogP contribution in [-0.2, 0) is 16.1 Å². The molecule has 1 saturated heterocycles. The van der Waals surface area contributed by atoms with E-state index in [1.54, 1.807) is 31.7 Å². The molecule has 0 radical (unpaired) electrons. The maximum atomic E-state index is 12.3. The van der Waals surface area contributed by atoms with E-state index in [0.29, 0.717) is 24.4 Å². The third kappa shape index (κ3) is 5.41. The number of nitrogens with zero attached hydrogens (tertiary/aromatic N) is 2. The summed E-state index contributed by atoms with van der Waals surface area (Å²) in [6.45, 7) is 6.37. The normalized spacial score (nSPS) is 17.4. The van der Waals surface area contributed by atoms with Crippen LogP contribution >= 0.6 is 23.7 Å². The minimum Gasteiger partial charge on any atom is -0.444 e. The smallest absolute Gasteiger partial charge is 0.408 e. The molecule has 0 bridgehead atoms. The molecule has 6 nitrogen and oxygen atoms in total. The van der Waals surface area contributed by atoms with Crippen LogP contribution in [0.15, 0.2) is 11.4 Å². The van der Waals surface area contributed by atoms with Crippen molar-refractivity contribution >= 4 is 35.7 Å². The van der Waals surface area contributed by atoms with Gasteiger partial charge in [-0.1, -0.05) is 0 Å². The van der Waals surface area contributed by atoms with Gasteiger partial charge in [-0.3, -0.25) is 4.79 Å². The molecule has 0 saturated carbocycles. The Morgan fingerprint density at radius 1 is 1.57 bits per heavy atom. The van der Waals surface area contributed by atoms with Gasteiger partial charge in [0, 0.05) is 13.1 Å². The Labute approximate surface area is 145 Å². The third-order valence-corrected chi connectivity index (χ3v) is 4.01. The maximum absolute atomic E-state index is 12.3. The number of thiophene rings is 1. The first kappa shape index (κ1) is 19.3. The summed E-state index contributed by atoms with van der Waals surface area (Å²) in [6, 6.07) is 3.33. The molecule has 0 spiro atoms. The Bertz CT molecular complexity index is 618. The summed E-state index contributed by atoms with van der Waals surface area (Å²) in [4.78, 5) is 26.3. The number of likely N-dealkylation sites (tertiary alicyclic amines) is 1. The number of amides is 2. The monoisotopic (exact) mass is 357 g/mol. The fourth-order valence-electron chi connectivity index (χ4n) is 2.22. The average molecular weight is 358 g/mol. The lowest BCUT2D eigenvalue weighted by Gasteiger charge is -2.21. The highest BCUT2D eigenvalue weighted by Gasteiger charge is 2.33. The molecule has 0 aliphatic carbocycles. The molecule has 2 heterocycles. The minimum absolute atomic E-state index is 0. The molecule has 1 aromatic rings. The number of ether oxygens (including phenoxy) is 1. The number of rotatable bonds is 3. The van der Waals surface area contributed by atoms with Gasteiger partial charge in [0.15, 0.2) is 0 Å². The molecule has 1 atom stereocenters. The van der Waals surface area contributed by atoms with Gasteiger partial charge in [-0.2, -0.15) is 5.26 Å². The van der Waals surface area contributed by atoms with Crippen LogP contribution in [0.4, 0.5) is 4.79 Å². The van der Waals surface area contributed by atoms with Crippen LogP contribution in [0.3, 0.4) is 0 Å². The molecule has 23 heavy (non-hydrogen) atoms. The lowest BCUT2D eigenvalue weighted by molar-refractivity contribution is -0.129. The van der Waals surface area contributed by atoms with Gasteiger partial charge >= 0.3 is 6.09 Å². The van der Waals surface area contributed by atoms with Crippen LogP contribution in [-0.4, -0.2) is 35.1 Å². The van der Waals surface area contributed by atoms with Crippen molar-refractivity contribution in [3.8, 4) is 6.07 Å². The SMILES string of the molecule is CC(C)(C)OC(=O)NC1CCN(Cc2csc(C#N)c2)C1=O.Cl. The van der Waals surface area contributed by atoms with Crippen molar-refractivity contribution in [3.63, 3.8) is 0 Å². The largest absolute Gasteiger partial charge is 0.444 e. The highest BCUT2D eigenvalue weighted by atomic mass is 35.5. The molecule has 0 aromatic carbocycles. The Kier molecular flexibility index (Phi) is 6.42. The summed E-state index contributed by atoms with van der Waals surface area (Å²) in [5.41, 5.74) is 0.350. The maximum Gasteiger partial charge on any atom is 0.408 e. The van der Waals surface area contributed by atoms with Crippen LogP contribution < -0.4 is 5.32 Å². The lowest BCUT2D eigenvalue weighted by atomic mass is 10.2. The van der Waals surface area contributed by atoms with Crippen LogP contribution in [0.25, 0.3) is 0 Å². The summed E-state index contributed by atoms with van der Waals surface area (Å²) in [5.74, 6) is -0.115. The van der Waals surface area contributed by atoms with E-state index in [1.165, 1.54) is 11.3 Å². The number of nitriles is 1. The van der Waals surface area contributed by atoms with E-state index in [1.807, 2.05) is 5.38 Å². The van der Waals surface area contributed by atoms with Crippen LogP contribution in [0, 0.1) is 11.3 Å². The quantitative estimate of drug-likeness (QED) is 0.901. The Hall–Kier alpha value is -1.78. The van der Waals surface area contributed by atoms with Gasteiger partial charge in [-0.25, -0.2) is 4.79 Å². The number of carbonyl (C=O) groups excluding carboxylic acids is 2. The zero-order valence-corrected chi connectivity index (χ0v) is 14.9. The highest BCUT2D eigenvalue weighted by Crippen LogP contribution is 2.19. The molecule has 1 N–H and O–H groups in total. The van der Waals surface area contributed by atoms with E-state index >= 15 is 0 Å². The van der Waals surface area contributed by atoms with Crippen molar-refractivity contribution in [1.82, 2.24) is 10.2 Å². The second-order valence-corrected chi connectivity index (χ2v) is 7.09. The summed E-state index contributed by atoms with van der Waals surface area (Å²) in [7, 11) is 0. The fraction of sp³-hybridized carbons (Fsp3) is 0.533.